The smallest absolute Gasteiger partial charge is 0.227 e. The average Bonchev–Trinajstić information content (AvgIpc) is 3.35. The van der Waals surface area contributed by atoms with E-state index >= 15 is 0 Å². The van der Waals surface area contributed by atoms with Crippen LogP contribution in [0.5, 0.6) is 0 Å². The molecule has 1 amide bonds. The maximum Gasteiger partial charge on any atom is 0.227 e. The van der Waals surface area contributed by atoms with E-state index in [1.165, 1.54) is 0 Å². The fourth-order valence-electron chi connectivity index (χ4n) is 2.56. The zero-order chi connectivity index (χ0) is 16.5. The lowest BCUT2D eigenvalue weighted by Gasteiger charge is -2.07. The summed E-state index contributed by atoms with van der Waals surface area (Å²) >= 11 is 5.98. The molecule has 1 fully saturated rings. The van der Waals surface area contributed by atoms with Gasteiger partial charge < -0.3 is 15.0 Å². The van der Waals surface area contributed by atoms with Gasteiger partial charge in [0, 0.05) is 29.7 Å². The van der Waals surface area contributed by atoms with Crippen LogP contribution in [0.2, 0.25) is 5.02 Å². The highest BCUT2D eigenvalue weighted by atomic mass is 35.5. The molecule has 3 aromatic rings. The van der Waals surface area contributed by atoms with Gasteiger partial charge in [0.15, 0.2) is 0 Å². The van der Waals surface area contributed by atoms with Crippen molar-refractivity contribution in [1.29, 1.82) is 0 Å². The minimum Gasteiger partial charge on any atom is -0.379 e. The number of anilines is 2. The summed E-state index contributed by atoms with van der Waals surface area (Å²) in [5.41, 5.74) is 3.62. The van der Waals surface area contributed by atoms with Crippen LogP contribution in [-0.4, -0.2) is 15.3 Å². The molecule has 6 heteroatoms. The highest BCUT2D eigenvalue weighted by molar-refractivity contribution is 6.30. The van der Waals surface area contributed by atoms with Gasteiger partial charge >= 0.3 is 0 Å². The lowest BCUT2D eigenvalue weighted by Crippen LogP contribution is -2.13. The molecule has 2 heterocycles. The number of benzene rings is 1. The van der Waals surface area contributed by atoms with Gasteiger partial charge in [-0.1, -0.05) is 11.6 Å². The lowest BCUT2D eigenvalue weighted by atomic mass is 10.2. The number of hydrogen-bond donors (Lipinski definition) is 2. The first kappa shape index (κ1) is 15.0. The van der Waals surface area contributed by atoms with E-state index in [0.717, 1.165) is 35.6 Å². The van der Waals surface area contributed by atoms with Crippen molar-refractivity contribution < 1.29 is 4.79 Å². The molecule has 24 heavy (non-hydrogen) atoms. The molecule has 0 aliphatic heterocycles. The van der Waals surface area contributed by atoms with Crippen LogP contribution in [0, 0.1) is 5.92 Å². The number of aromatic nitrogens is 2. The minimum absolute atomic E-state index is 0.124. The van der Waals surface area contributed by atoms with E-state index in [9.17, 15) is 4.79 Å². The van der Waals surface area contributed by atoms with E-state index in [0.29, 0.717) is 11.6 Å². The van der Waals surface area contributed by atoms with Crippen molar-refractivity contribution in [3.8, 4) is 0 Å². The molecule has 1 aliphatic rings. The molecule has 2 N–H and O–H groups in total. The van der Waals surface area contributed by atoms with Crippen LogP contribution < -0.4 is 10.6 Å². The number of imidazole rings is 1. The lowest BCUT2D eigenvalue weighted by molar-refractivity contribution is -0.117. The number of carbonyl (C=O) groups excluding carboxylic acids is 1. The first-order chi connectivity index (χ1) is 11.7. The zero-order valence-electron chi connectivity index (χ0n) is 13.0. The maximum atomic E-state index is 11.7. The number of nitrogens with zero attached hydrogens (tertiary/aromatic N) is 2. The fraction of sp³-hybridized carbons (Fsp3) is 0.222. The van der Waals surface area contributed by atoms with Gasteiger partial charge in [-0.15, -0.1) is 0 Å². The number of fused-ring (bicyclic) bond motifs is 1. The van der Waals surface area contributed by atoms with E-state index in [2.05, 4.69) is 15.6 Å². The molecule has 0 spiro atoms. The quantitative estimate of drug-likeness (QED) is 0.739. The standard InChI is InChI=1S/C18H17ClN4O/c19-13-3-8-17-21-16(11-23(17)10-13)9-20-14-4-6-15(7-5-14)22-18(24)12-1-2-12/h3-8,10-12,20H,1-2,9H2,(H,22,24). The third-order valence-electron chi connectivity index (χ3n) is 4.04. The number of pyridine rings is 1. The number of carbonyl (C=O) groups is 1. The van der Waals surface area contributed by atoms with Gasteiger partial charge in [0.2, 0.25) is 5.91 Å². The first-order valence-electron chi connectivity index (χ1n) is 7.95. The molecule has 0 bridgehead atoms. The summed E-state index contributed by atoms with van der Waals surface area (Å²) in [6, 6.07) is 11.4. The van der Waals surface area contributed by atoms with Crippen LogP contribution in [0.25, 0.3) is 5.65 Å². The van der Waals surface area contributed by atoms with E-state index in [1.54, 1.807) is 0 Å². The Kier molecular flexibility index (Phi) is 3.86. The zero-order valence-corrected chi connectivity index (χ0v) is 13.8. The second-order valence-corrected chi connectivity index (χ2v) is 6.48. The van der Waals surface area contributed by atoms with Gasteiger partial charge in [-0.25, -0.2) is 4.98 Å². The Bertz CT molecular complexity index is 884. The summed E-state index contributed by atoms with van der Waals surface area (Å²) in [5, 5.41) is 6.95. The molecule has 1 saturated carbocycles. The van der Waals surface area contributed by atoms with Crippen LogP contribution in [-0.2, 0) is 11.3 Å². The summed E-state index contributed by atoms with van der Waals surface area (Å²) in [6.07, 6.45) is 5.81. The van der Waals surface area contributed by atoms with Crippen LogP contribution >= 0.6 is 11.6 Å². The topological polar surface area (TPSA) is 58.4 Å². The van der Waals surface area contributed by atoms with Crippen molar-refractivity contribution in [3.63, 3.8) is 0 Å². The van der Waals surface area contributed by atoms with E-state index < -0.39 is 0 Å². The highest BCUT2D eigenvalue weighted by Crippen LogP contribution is 2.30. The van der Waals surface area contributed by atoms with Crippen LogP contribution in [0.3, 0.4) is 0 Å². The Balaban J connectivity index is 1.38. The van der Waals surface area contributed by atoms with Crippen molar-refractivity contribution in [1.82, 2.24) is 9.38 Å². The van der Waals surface area contributed by atoms with Crippen molar-refractivity contribution in [3.05, 3.63) is 59.5 Å². The summed E-state index contributed by atoms with van der Waals surface area (Å²) in [5.74, 6) is 0.338. The van der Waals surface area contributed by atoms with E-state index in [4.69, 9.17) is 11.6 Å². The Morgan fingerprint density at radius 1 is 1.12 bits per heavy atom. The second-order valence-electron chi connectivity index (χ2n) is 6.04. The van der Waals surface area contributed by atoms with Gasteiger partial charge in [-0.2, -0.15) is 0 Å². The molecule has 1 aromatic carbocycles. The van der Waals surface area contributed by atoms with Gasteiger partial charge in [0.25, 0.3) is 0 Å². The maximum absolute atomic E-state index is 11.7. The molecular formula is C18H17ClN4O. The van der Waals surface area contributed by atoms with Gasteiger partial charge in [0.1, 0.15) is 5.65 Å². The van der Waals surface area contributed by atoms with E-state index in [-0.39, 0.29) is 11.8 Å². The molecule has 0 radical (unpaired) electrons. The number of halogens is 1. The Hall–Kier alpha value is -2.53. The van der Waals surface area contributed by atoms with Crippen LogP contribution in [0.1, 0.15) is 18.5 Å². The molecule has 1 aliphatic carbocycles. The average molecular weight is 341 g/mol. The minimum atomic E-state index is 0.124. The number of hydrogen-bond acceptors (Lipinski definition) is 3. The molecular weight excluding hydrogens is 324 g/mol. The molecule has 0 atom stereocenters. The molecule has 0 saturated heterocycles. The number of amides is 1. The first-order valence-corrected chi connectivity index (χ1v) is 8.33. The van der Waals surface area contributed by atoms with Gasteiger partial charge in [-0.3, -0.25) is 4.79 Å². The second kappa shape index (κ2) is 6.17. The van der Waals surface area contributed by atoms with Crippen molar-refractivity contribution in [2.24, 2.45) is 5.92 Å². The van der Waals surface area contributed by atoms with Gasteiger partial charge in [-0.05, 0) is 49.2 Å². The largest absolute Gasteiger partial charge is 0.379 e. The van der Waals surface area contributed by atoms with Gasteiger partial charge in [0.05, 0.1) is 17.3 Å². The molecule has 4 rings (SSSR count). The predicted molar refractivity (Wildman–Crippen MR) is 95.3 cm³/mol. The third kappa shape index (κ3) is 3.36. The molecule has 122 valence electrons. The molecule has 2 aromatic heterocycles. The molecule has 5 nitrogen and oxygen atoms in total. The Morgan fingerprint density at radius 3 is 2.62 bits per heavy atom. The fourth-order valence-corrected chi connectivity index (χ4v) is 2.72. The van der Waals surface area contributed by atoms with Crippen LogP contribution in [0.15, 0.2) is 48.8 Å². The normalized spacial score (nSPS) is 13.9. The summed E-state index contributed by atoms with van der Waals surface area (Å²) in [6.45, 7) is 0.618. The number of nitrogens with one attached hydrogen (secondary N) is 2. The molecule has 0 unspecified atom stereocenters. The number of rotatable bonds is 5. The SMILES string of the molecule is O=C(Nc1ccc(NCc2cn3cc(Cl)ccc3n2)cc1)C1CC1. The summed E-state index contributed by atoms with van der Waals surface area (Å²) in [4.78, 5) is 16.3. The monoisotopic (exact) mass is 340 g/mol. The van der Waals surface area contributed by atoms with Crippen molar-refractivity contribution in [2.45, 2.75) is 19.4 Å². The third-order valence-corrected chi connectivity index (χ3v) is 4.26. The van der Waals surface area contributed by atoms with Crippen molar-refractivity contribution >= 4 is 34.5 Å². The van der Waals surface area contributed by atoms with Crippen molar-refractivity contribution in [2.75, 3.05) is 10.6 Å². The Labute approximate surface area is 144 Å². The Morgan fingerprint density at radius 2 is 1.88 bits per heavy atom. The summed E-state index contributed by atoms with van der Waals surface area (Å²) < 4.78 is 1.91. The van der Waals surface area contributed by atoms with E-state index in [1.807, 2.05) is 53.2 Å². The summed E-state index contributed by atoms with van der Waals surface area (Å²) in [7, 11) is 0. The predicted octanol–water partition coefficient (Wildman–Crippen LogP) is 3.95. The highest BCUT2D eigenvalue weighted by Gasteiger charge is 2.29. The van der Waals surface area contributed by atoms with Crippen LogP contribution in [0.4, 0.5) is 11.4 Å².